The molecule has 1 aliphatic heterocycles. The Hall–Kier alpha value is -2.30. The van der Waals surface area contributed by atoms with E-state index >= 15 is 0 Å². The second-order valence-electron chi connectivity index (χ2n) is 6.22. The predicted molar refractivity (Wildman–Crippen MR) is 107 cm³/mol. The lowest BCUT2D eigenvalue weighted by atomic mass is 10.2. The number of carbonyl (C=O) groups excluding carboxylic acids is 1. The van der Waals surface area contributed by atoms with Crippen LogP contribution in [-0.4, -0.2) is 50.2 Å². The number of hydrogen-bond acceptors (Lipinski definition) is 4. The van der Waals surface area contributed by atoms with Crippen molar-refractivity contribution < 1.29 is 9.53 Å². The van der Waals surface area contributed by atoms with Crippen LogP contribution in [0.2, 0.25) is 5.02 Å². The normalized spacial score (nSPS) is 15.3. The quantitative estimate of drug-likeness (QED) is 0.573. The molecule has 0 N–H and O–H groups in total. The van der Waals surface area contributed by atoms with Crippen LogP contribution in [0.5, 0.6) is 0 Å². The van der Waals surface area contributed by atoms with Gasteiger partial charge in [0.05, 0.1) is 0 Å². The molecule has 0 bridgehead atoms. The number of halogens is 1. The van der Waals surface area contributed by atoms with Crippen molar-refractivity contribution in [1.82, 2.24) is 4.90 Å². The monoisotopic (exact) mass is 370 g/mol. The zero-order chi connectivity index (χ0) is 18.2. The number of rotatable bonds is 6. The van der Waals surface area contributed by atoms with E-state index < -0.39 is 0 Å². The minimum absolute atomic E-state index is 0.298. The first-order chi connectivity index (χ1) is 12.7. The maximum absolute atomic E-state index is 11.8. The zero-order valence-electron chi connectivity index (χ0n) is 14.7. The molecule has 0 unspecified atom stereocenters. The smallest absolute Gasteiger partial charge is 0.330 e. The number of nitrogens with zero attached hydrogens (tertiary/aromatic N) is 2. The molecule has 0 amide bonds. The molecule has 26 heavy (non-hydrogen) atoms. The molecule has 1 heterocycles. The summed E-state index contributed by atoms with van der Waals surface area (Å²) in [5.74, 6) is -0.298. The van der Waals surface area contributed by atoms with Crippen molar-refractivity contribution >= 4 is 29.3 Å². The highest BCUT2D eigenvalue weighted by molar-refractivity contribution is 6.30. The molecular weight excluding hydrogens is 348 g/mol. The van der Waals surface area contributed by atoms with Crippen LogP contribution in [0.15, 0.2) is 60.7 Å². The Bertz CT molecular complexity index is 723. The van der Waals surface area contributed by atoms with Crippen LogP contribution in [-0.2, 0) is 9.53 Å². The fourth-order valence-electron chi connectivity index (χ4n) is 2.93. The average molecular weight is 371 g/mol. The number of hydrogen-bond donors (Lipinski definition) is 0. The SMILES string of the molecule is O=C(/C=C/c1ccccc1)OCCN1CCN(c2ccc(Cl)cc2)CC1. The largest absolute Gasteiger partial charge is 0.461 e. The first kappa shape index (κ1) is 18.5. The first-order valence-corrected chi connectivity index (χ1v) is 9.21. The van der Waals surface area contributed by atoms with E-state index in [2.05, 4.69) is 21.9 Å². The molecule has 0 radical (unpaired) electrons. The lowest BCUT2D eigenvalue weighted by Crippen LogP contribution is -2.47. The van der Waals surface area contributed by atoms with Crippen molar-refractivity contribution in [2.24, 2.45) is 0 Å². The molecule has 0 saturated carbocycles. The average Bonchev–Trinajstić information content (AvgIpc) is 2.68. The summed E-state index contributed by atoms with van der Waals surface area (Å²) in [7, 11) is 0. The van der Waals surface area contributed by atoms with Crippen molar-refractivity contribution in [2.75, 3.05) is 44.2 Å². The molecule has 1 saturated heterocycles. The van der Waals surface area contributed by atoms with Gasteiger partial charge in [0.15, 0.2) is 0 Å². The number of ether oxygens (including phenoxy) is 1. The van der Waals surface area contributed by atoms with Gasteiger partial charge in [0.25, 0.3) is 0 Å². The lowest BCUT2D eigenvalue weighted by Gasteiger charge is -2.35. The first-order valence-electron chi connectivity index (χ1n) is 8.83. The van der Waals surface area contributed by atoms with E-state index in [9.17, 15) is 4.79 Å². The third-order valence-corrected chi connectivity index (χ3v) is 4.68. The van der Waals surface area contributed by atoms with Crippen molar-refractivity contribution in [3.63, 3.8) is 0 Å². The second kappa shape index (κ2) is 9.41. The number of esters is 1. The molecule has 2 aromatic carbocycles. The van der Waals surface area contributed by atoms with Crippen LogP contribution in [0.25, 0.3) is 6.08 Å². The van der Waals surface area contributed by atoms with Crippen molar-refractivity contribution in [2.45, 2.75) is 0 Å². The van der Waals surface area contributed by atoms with Gasteiger partial charge in [0.2, 0.25) is 0 Å². The summed E-state index contributed by atoms with van der Waals surface area (Å²) in [6, 6.07) is 17.7. The lowest BCUT2D eigenvalue weighted by molar-refractivity contribution is -0.138. The molecule has 0 aliphatic carbocycles. The van der Waals surface area contributed by atoms with Gasteiger partial charge < -0.3 is 9.64 Å². The number of anilines is 1. The maximum Gasteiger partial charge on any atom is 0.330 e. The molecule has 3 rings (SSSR count). The maximum atomic E-state index is 11.8. The highest BCUT2D eigenvalue weighted by Crippen LogP contribution is 2.19. The third-order valence-electron chi connectivity index (χ3n) is 4.43. The van der Waals surface area contributed by atoms with Gasteiger partial charge in [-0.1, -0.05) is 41.9 Å². The van der Waals surface area contributed by atoms with E-state index in [4.69, 9.17) is 16.3 Å². The summed E-state index contributed by atoms with van der Waals surface area (Å²) < 4.78 is 5.30. The Morgan fingerprint density at radius 2 is 1.69 bits per heavy atom. The molecule has 136 valence electrons. The van der Waals surface area contributed by atoms with E-state index in [1.807, 2.05) is 42.5 Å². The Morgan fingerprint density at radius 3 is 2.38 bits per heavy atom. The molecule has 5 heteroatoms. The van der Waals surface area contributed by atoms with E-state index in [-0.39, 0.29) is 5.97 Å². The minimum atomic E-state index is -0.298. The molecule has 0 aromatic heterocycles. The van der Waals surface area contributed by atoms with Gasteiger partial charge in [0.1, 0.15) is 6.61 Å². The van der Waals surface area contributed by atoms with Crippen LogP contribution < -0.4 is 4.90 Å². The van der Waals surface area contributed by atoms with Crippen LogP contribution in [0, 0.1) is 0 Å². The Kier molecular flexibility index (Phi) is 6.69. The highest BCUT2D eigenvalue weighted by Gasteiger charge is 2.17. The van der Waals surface area contributed by atoms with Gasteiger partial charge in [-0.05, 0) is 35.9 Å². The summed E-state index contributed by atoms with van der Waals surface area (Å²) in [6.07, 6.45) is 3.25. The highest BCUT2D eigenvalue weighted by atomic mass is 35.5. The molecule has 0 atom stereocenters. The molecule has 0 spiro atoms. The fraction of sp³-hybridized carbons (Fsp3) is 0.286. The van der Waals surface area contributed by atoms with Crippen molar-refractivity contribution in [3.8, 4) is 0 Å². The van der Waals surface area contributed by atoms with E-state index in [0.717, 1.165) is 43.3 Å². The predicted octanol–water partition coefficient (Wildman–Crippen LogP) is 3.72. The van der Waals surface area contributed by atoms with Gasteiger partial charge in [-0.3, -0.25) is 4.90 Å². The minimum Gasteiger partial charge on any atom is -0.461 e. The Balaban J connectivity index is 1.35. The van der Waals surface area contributed by atoms with Crippen molar-refractivity contribution in [1.29, 1.82) is 0 Å². The molecule has 4 nitrogen and oxygen atoms in total. The van der Waals surface area contributed by atoms with Crippen LogP contribution in [0.4, 0.5) is 5.69 Å². The Labute approximate surface area is 159 Å². The van der Waals surface area contributed by atoms with Gasteiger partial charge in [-0.2, -0.15) is 0 Å². The summed E-state index contributed by atoms with van der Waals surface area (Å²) in [6.45, 7) is 5.02. The van der Waals surface area contributed by atoms with Crippen LogP contribution >= 0.6 is 11.6 Å². The zero-order valence-corrected chi connectivity index (χ0v) is 15.4. The fourth-order valence-corrected chi connectivity index (χ4v) is 3.06. The van der Waals surface area contributed by atoms with E-state index in [1.54, 1.807) is 6.08 Å². The van der Waals surface area contributed by atoms with Gasteiger partial charge >= 0.3 is 5.97 Å². The van der Waals surface area contributed by atoms with Gasteiger partial charge in [-0.25, -0.2) is 4.79 Å². The van der Waals surface area contributed by atoms with Gasteiger partial charge in [0, 0.05) is 49.5 Å². The number of benzene rings is 2. The third kappa shape index (κ3) is 5.61. The summed E-state index contributed by atoms with van der Waals surface area (Å²) in [4.78, 5) is 16.4. The number of carbonyl (C=O) groups is 1. The van der Waals surface area contributed by atoms with Crippen LogP contribution in [0.1, 0.15) is 5.56 Å². The van der Waals surface area contributed by atoms with E-state index in [1.165, 1.54) is 11.8 Å². The number of piperazine rings is 1. The summed E-state index contributed by atoms with van der Waals surface area (Å²) in [5.41, 5.74) is 2.19. The van der Waals surface area contributed by atoms with Crippen LogP contribution in [0.3, 0.4) is 0 Å². The summed E-state index contributed by atoms with van der Waals surface area (Å²) >= 11 is 5.94. The van der Waals surface area contributed by atoms with Gasteiger partial charge in [-0.15, -0.1) is 0 Å². The summed E-state index contributed by atoms with van der Waals surface area (Å²) in [5, 5.41) is 0.760. The standard InChI is InChI=1S/C21H23ClN2O2/c22-19-7-9-20(10-8-19)24-14-12-23(13-15-24)16-17-26-21(25)11-6-18-4-2-1-3-5-18/h1-11H,12-17H2/b11-6+. The molecular formula is C21H23ClN2O2. The molecule has 1 fully saturated rings. The van der Waals surface area contributed by atoms with Crippen molar-refractivity contribution in [3.05, 3.63) is 71.3 Å². The Morgan fingerprint density at radius 1 is 1.00 bits per heavy atom. The second-order valence-corrected chi connectivity index (χ2v) is 6.65. The molecule has 2 aromatic rings. The van der Waals surface area contributed by atoms with E-state index in [0.29, 0.717) is 6.61 Å². The molecule has 1 aliphatic rings. The topological polar surface area (TPSA) is 32.8 Å².